The third-order valence-electron chi connectivity index (χ3n) is 6.49. The second kappa shape index (κ2) is 14.0. The third-order valence-corrected chi connectivity index (χ3v) is 6.49. The number of hydrogen-bond donors (Lipinski definition) is 0. The SMILES string of the molecule is CC(C)CCCCCCc1ccc(-c2ncc(-c3ccc(CCCCC(C)C)cc3)cn2)nc1. The quantitative estimate of drug-likeness (QED) is 0.227. The van der Waals surface area contributed by atoms with Crippen molar-refractivity contribution in [2.24, 2.45) is 11.8 Å². The number of aromatic nitrogens is 3. The van der Waals surface area contributed by atoms with Crippen LogP contribution in [0.4, 0.5) is 0 Å². The van der Waals surface area contributed by atoms with Gasteiger partial charge in [-0.05, 0) is 60.3 Å². The lowest BCUT2D eigenvalue weighted by Crippen LogP contribution is -1.94. The van der Waals surface area contributed by atoms with Gasteiger partial charge in [-0.25, -0.2) is 9.97 Å². The molecular weight excluding hydrogens is 414 g/mol. The van der Waals surface area contributed by atoms with Crippen molar-refractivity contribution in [2.75, 3.05) is 0 Å². The van der Waals surface area contributed by atoms with E-state index >= 15 is 0 Å². The van der Waals surface area contributed by atoms with Crippen molar-refractivity contribution in [3.05, 3.63) is 66.1 Å². The third kappa shape index (κ3) is 9.00. The molecule has 0 bridgehead atoms. The summed E-state index contributed by atoms with van der Waals surface area (Å²) in [6.07, 6.45) is 18.5. The van der Waals surface area contributed by atoms with Gasteiger partial charge in [0.1, 0.15) is 5.69 Å². The molecule has 0 aliphatic rings. The molecule has 2 aromatic heterocycles. The zero-order valence-corrected chi connectivity index (χ0v) is 21.8. The molecule has 0 radical (unpaired) electrons. The van der Waals surface area contributed by atoms with Crippen LogP contribution in [0, 0.1) is 11.8 Å². The topological polar surface area (TPSA) is 38.7 Å². The number of pyridine rings is 1. The predicted molar refractivity (Wildman–Crippen MR) is 145 cm³/mol. The van der Waals surface area contributed by atoms with E-state index in [0.29, 0.717) is 5.82 Å². The highest BCUT2D eigenvalue weighted by Gasteiger charge is 2.06. The van der Waals surface area contributed by atoms with Crippen LogP contribution in [-0.2, 0) is 12.8 Å². The van der Waals surface area contributed by atoms with E-state index in [0.717, 1.165) is 41.5 Å². The van der Waals surface area contributed by atoms with Crippen LogP contribution >= 0.6 is 0 Å². The number of aryl methyl sites for hydroxylation is 2. The summed E-state index contributed by atoms with van der Waals surface area (Å²) in [4.78, 5) is 13.8. The molecule has 0 aliphatic heterocycles. The summed E-state index contributed by atoms with van der Waals surface area (Å²) in [5.41, 5.74) is 5.75. The first-order valence-corrected chi connectivity index (χ1v) is 13.4. The highest BCUT2D eigenvalue weighted by molar-refractivity contribution is 5.63. The molecule has 0 saturated carbocycles. The molecular formula is C31H43N3. The summed E-state index contributed by atoms with van der Waals surface area (Å²) >= 11 is 0. The van der Waals surface area contributed by atoms with Gasteiger partial charge in [0, 0.05) is 24.2 Å². The lowest BCUT2D eigenvalue weighted by molar-refractivity contribution is 0.520. The van der Waals surface area contributed by atoms with E-state index in [4.69, 9.17) is 0 Å². The van der Waals surface area contributed by atoms with Gasteiger partial charge < -0.3 is 0 Å². The van der Waals surface area contributed by atoms with Gasteiger partial charge in [-0.3, -0.25) is 4.98 Å². The van der Waals surface area contributed by atoms with Crippen LogP contribution in [0.3, 0.4) is 0 Å². The minimum absolute atomic E-state index is 0.686. The fourth-order valence-corrected chi connectivity index (χ4v) is 4.29. The molecule has 0 spiro atoms. The molecule has 3 aromatic rings. The van der Waals surface area contributed by atoms with E-state index in [2.05, 4.69) is 79.0 Å². The van der Waals surface area contributed by atoms with Crippen molar-refractivity contribution in [1.29, 1.82) is 0 Å². The molecule has 182 valence electrons. The van der Waals surface area contributed by atoms with Gasteiger partial charge in [-0.15, -0.1) is 0 Å². The molecule has 3 nitrogen and oxygen atoms in total. The highest BCUT2D eigenvalue weighted by Crippen LogP contribution is 2.21. The maximum atomic E-state index is 4.62. The molecule has 34 heavy (non-hydrogen) atoms. The van der Waals surface area contributed by atoms with Gasteiger partial charge in [0.25, 0.3) is 0 Å². The highest BCUT2D eigenvalue weighted by atomic mass is 14.9. The maximum Gasteiger partial charge on any atom is 0.178 e. The van der Waals surface area contributed by atoms with Gasteiger partial charge in [0.05, 0.1) is 0 Å². The van der Waals surface area contributed by atoms with Crippen LogP contribution in [-0.4, -0.2) is 15.0 Å². The summed E-state index contributed by atoms with van der Waals surface area (Å²) in [5.74, 6) is 2.31. The summed E-state index contributed by atoms with van der Waals surface area (Å²) in [6.45, 7) is 9.20. The Hall–Kier alpha value is -2.55. The Balaban J connectivity index is 1.47. The van der Waals surface area contributed by atoms with Gasteiger partial charge in [-0.2, -0.15) is 0 Å². The molecule has 0 N–H and O–H groups in total. The van der Waals surface area contributed by atoms with E-state index < -0.39 is 0 Å². The van der Waals surface area contributed by atoms with Crippen LogP contribution in [0.1, 0.15) is 90.2 Å². The Bertz CT molecular complexity index is 941. The van der Waals surface area contributed by atoms with Crippen molar-refractivity contribution in [3.63, 3.8) is 0 Å². The summed E-state index contributed by atoms with van der Waals surface area (Å²) in [5, 5.41) is 0. The lowest BCUT2D eigenvalue weighted by Gasteiger charge is -2.07. The van der Waals surface area contributed by atoms with Gasteiger partial charge >= 0.3 is 0 Å². The smallest absolute Gasteiger partial charge is 0.178 e. The second-order valence-corrected chi connectivity index (χ2v) is 10.5. The first-order valence-electron chi connectivity index (χ1n) is 13.4. The molecule has 0 unspecified atom stereocenters. The van der Waals surface area contributed by atoms with Crippen molar-refractivity contribution in [2.45, 2.75) is 91.9 Å². The summed E-state index contributed by atoms with van der Waals surface area (Å²) in [6, 6.07) is 13.1. The van der Waals surface area contributed by atoms with Crippen LogP contribution in [0.25, 0.3) is 22.6 Å². The van der Waals surface area contributed by atoms with Crippen LogP contribution < -0.4 is 0 Å². The minimum Gasteiger partial charge on any atom is -0.253 e. The van der Waals surface area contributed by atoms with E-state index in [1.54, 1.807) is 0 Å². The monoisotopic (exact) mass is 457 g/mol. The Kier molecular flexibility index (Phi) is 10.7. The average molecular weight is 458 g/mol. The Labute approximate surface area is 207 Å². The maximum absolute atomic E-state index is 4.62. The number of nitrogens with zero attached hydrogens (tertiary/aromatic N) is 3. The molecule has 0 saturated heterocycles. The van der Waals surface area contributed by atoms with Crippen LogP contribution in [0.5, 0.6) is 0 Å². The average Bonchev–Trinajstić information content (AvgIpc) is 2.85. The molecule has 0 fully saturated rings. The van der Waals surface area contributed by atoms with Gasteiger partial charge in [-0.1, -0.05) is 96.6 Å². The largest absolute Gasteiger partial charge is 0.253 e. The molecule has 0 atom stereocenters. The molecule has 3 rings (SSSR count). The Morgan fingerprint density at radius 1 is 0.529 bits per heavy atom. The number of benzene rings is 1. The standard InChI is InChI=1S/C31H43N3/c1-24(2)11-7-5-6-8-14-27-17-20-30(32-21-27)31-33-22-29(23-34-31)28-18-15-26(16-19-28)13-10-9-12-25(3)4/h15-25H,5-14H2,1-4H3. The number of unbranched alkanes of at least 4 members (excludes halogenated alkanes) is 4. The summed E-state index contributed by atoms with van der Waals surface area (Å²) < 4.78 is 0. The fraction of sp³-hybridized carbons (Fsp3) is 0.516. The predicted octanol–water partition coefficient (Wildman–Crippen LogP) is 8.72. The van der Waals surface area contributed by atoms with E-state index in [9.17, 15) is 0 Å². The van der Waals surface area contributed by atoms with Crippen molar-refractivity contribution >= 4 is 0 Å². The van der Waals surface area contributed by atoms with Crippen LogP contribution in [0.15, 0.2) is 55.0 Å². The van der Waals surface area contributed by atoms with Crippen molar-refractivity contribution in [3.8, 4) is 22.6 Å². The normalized spacial score (nSPS) is 11.5. The van der Waals surface area contributed by atoms with E-state index in [1.807, 2.05) is 18.6 Å². The number of hydrogen-bond acceptors (Lipinski definition) is 3. The van der Waals surface area contributed by atoms with Crippen molar-refractivity contribution in [1.82, 2.24) is 15.0 Å². The zero-order valence-electron chi connectivity index (χ0n) is 21.8. The lowest BCUT2D eigenvalue weighted by atomic mass is 10.0. The van der Waals surface area contributed by atoms with E-state index in [-0.39, 0.29) is 0 Å². The Morgan fingerprint density at radius 2 is 1.09 bits per heavy atom. The van der Waals surface area contributed by atoms with Crippen LogP contribution in [0.2, 0.25) is 0 Å². The first kappa shape index (κ1) is 26.1. The number of rotatable bonds is 14. The molecule has 0 aliphatic carbocycles. The van der Waals surface area contributed by atoms with E-state index in [1.165, 1.54) is 62.5 Å². The fourth-order valence-electron chi connectivity index (χ4n) is 4.29. The zero-order chi connectivity index (χ0) is 24.2. The first-order chi connectivity index (χ1) is 16.5. The minimum atomic E-state index is 0.686. The van der Waals surface area contributed by atoms with Gasteiger partial charge in [0.2, 0.25) is 0 Å². The van der Waals surface area contributed by atoms with Gasteiger partial charge in [0.15, 0.2) is 5.82 Å². The molecule has 3 heteroatoms. The van der Waals surface area contributed by atoms with Crippen molar-refractivity contribution < 1.29 is 0 Å². The summed E-state index contributed by atoms with van der Waals surface area (Å²) in [7, 11) is 0. The second-order valence-electron chi connectivity index (χ2n) is 10.5. The molecule has 0 amide bonds. The Morgan fingerprint density at radius 3 is 1.71 bits per heavy atom. The molecule has 1 aromatic carbocycles. The molecule has 2 heterocycles.